The summed E-state index contributed by atoms with van der Waals surface area (Å²) >= 11 is 0. The zero-order valence-corrected chi connectivity index (χ0v) is 14.2. The summed E-state index contributed by atoms with van der Waals surface area (Å²) in [5, 5.41) is 4.52. The summed E-state index contributed by atoms with van der Waals surface area (Å²) in [7, 11) is 1.96. The van der Waals surface area contributed by atoms with Crippen LogP contribution in [0.4, 0.5) is 0 Å². The fraction of sp³-hybridized carbons (Fsp3) is 0.389. The number of aromatic nitrogens is 4. The van der Waals surface area contributed by atoms with Crippen molar-refractivity contribution in [1.82, 2.24) is 24.6 Å². The van der Waals surface area contributed by atoms with Crippen molar-refractivity contribution in [3.05, 3.63) is 47.0 Å². The van der Waals surface area contributed by atoms with Crippen LogP contribution in [0.2, 0.25) is 0 Å². The lowest BCUT2D eigenvalue weighted by Gasteiger charge is -2.25. The topological polar surface area (TPSA) is 66.8 Å². The Morgan fingerprint density at radius 1 is 1.33 bits per heavy atom. The maximum atomic E-state index is 13.1. The van der Waals surface area contributed by atoms with Gasteiger partial charge in [0.1, 0.15) is 0 Å². The molecule has 2 aromatic heterocycles. The summed E-state index contributed by atoms with van der Waals surface area (Å²) < 4.78 is 1.91. The van der Waals surface area contributed by atoms with E-state index in [0.29, 0.717) is 5.56 Å². The Balaban J connectivity index is 1.70. The number of nitrogens with zero attached hydrogens (tertiary/aromatic N) is 4. The van der Waals surface area contributed by atoms with Crippen molar-refractivity contribution >= 4 is 16.9 Å². The number of fused-ring (bicyclic) bond motifs is 1. The van der Waals surface area contributed by atoms with E-state index in [1.807, 2.05) is 41.8 Å². The molecule has 0 spiro atoms. The van der Waals surface area contributed by atoms with Crippen LogP contribution in [-0.4, -0.2) is 37.1 Å². The molecule has 1 aromatic carbocycles. The number of hydrogen-bond donors (Lipinski definition) is 1. The van der Waals surface area contributed by atoms with Gasteiger partial charge in [-0.25, -0.2) is 4.98 Å². The highest BCUT2D eigenvalue weighted by atomic mass is 16.2. The molecule has 124 valence electrons. The van der Waals surface area contributed by atoms with Crippen molar-refractivity contribution in [3.8, 4) is 0 Å². The van der Waals surface area contributed by atoms with Crippen LogP contribution in [0, 0.1) is 13.8 Å². The van der Waals surface area contributed by atoms with Crippen molar-refractivity contribution in [2.45, 2.75) is 32.7 Å². The van der Waals surface area contributed by atoms with Gasteiger partial charge in [0.05, 0.1) is 29.1 Å². The number of likely N-dealkylation sites (tertiary alicyclic amines) is 1. The Morgan fingerprint density at radius 3 is 2.92 bits per heavy atom. The van der Waals surface area contributed by atoms with Gasteiger partial charge in [0, 0.05) is 30.4 Å². The number of hydrogen-bond acceptors (Lipinski definition) is 3. The Kier molecular flexibility index (Phi) is 3.40. The first-order valence-electron chi connectivity index (χ1n) is 8.30. The number of benzene rings is 1. The second-order valence-electron chi connectivity index (χ2n) is 6.50. The molecular weight excluding hydrogens is 302 g/mol. The summed E-state index contributed by atoms with van der Waals surface area (Å²) in [6.45, 7) is 4.89. The third kappa shape index (κ3) is 2.21. The maximum Gasteiger partial charge on any atom is 0.254 e. The lowest BCUT2D eigenvalue weighted by Crippen LogP contribution is -2.31. The SMILES string of the molecule is Cc1nn(C)c(C)c1C1CCCN1C(=O)c1ccc2nc[nH]c2c1. The van der Waals surface area contributed by atoms with Crippen molar-refractivity contribution in [3.63, 3.8) is 0 Å². The molecule has 4 rings (SSSR count). The fourth-order valence-electron chi connectivity index (χ4n) is 3.82. The Labute approximate surface area is 140 Å². The fourth-order valence-corrected chi connectivity index (χ4v) is 3.82. The lowest BCUT2D eigenvalue weighted by atomic mass is 10.0. The first-order chi connectivity index (χ1) is 11.6. The van der Waals surface area contributed by atoms with Crippen LogP contribution in [0.5, 0.6) is 0 Å². The number of nitrogens with one attached hydrogen (secondary N) is 1. The molecule has 1 aliphatic heterocycles. The summed E-state index contributed by atoms with van der Waals surface area (Å²) in [5.74, 6) is 0.0802. The molecule has 1 saturated heterocycles. The standard InChI is InChI=1S/C18H21N5O/c1-11-17(12(2)22(3)21-11)16-5-4-8-23(16)18(24)13-6-7-14-15(9-13)20-10-19-14/h6-7,9-10,16H,4-5,8H2,1-3H3,(H,19,20). The van der Waals surface area contributed by atoms with Gasteiger partial charge in [0.2, 0.25) is 0 Å². The molecule has 24 heavy (non-hydrogen) atoms. The van der Waals surface area contributed by atoms with Crippen LogP contribution in [0.3, 0.4) is 0 Å². The van der Waals surface area contributed by atoms with Gasteiger partial charge in [-0.15, -0.1) is 0 Å². The quantitative estimate of drug-likeness (QED) is 0.788. The van der Waals surface area contributed by atoms with Gasteiger partial charge in [-0.1, -0.05) is 0 Å². The number of carbonyl (C=O) groups excluding carboxylic acids is 1. The van der Waals surface area contributed by atoms with E-state index in [4.69, 9.17) is 0 Å². The number of carbonyl (C=O) groups is 1. The van der Waals surface area contributed by atoms with E-state index in [1.54, 1.807) is 6.33 Å². The Morgan fingerprint density at radius 2 is 2.17 bits per heavy atom. The molecule has 1 fully saturated rings. The normalized spacial score (nSPS) is 17.8. The molecule has 0 saturated carbocycles. The van der Waals surface area contributed by atoms with Gasteiger partial charge in [0.15, 0.2) is 0 Å². The summed E-state index contributed by atoms with van der Waals surface area (Å²) in [5.41, 5.74) is 5.84. The van der Waals surface area contributed by atoms with Crippen LogP contribution >= 0.6 is 0 Å². The zero-order valence-electron chi connectivity index (χ0n) is 14.2. The van der Waals surface area contributed by atoms with E-state index in [1.165, 1.54) is 5.56 Å². The molecular formula is C18H21N5O. The van der Waals surface area contributed by atoms with Crippen LogP contribution in [0.25, 0.3) is 11.0 Å². The van der Waals surface area contributed by atoms with Crippen LogP contribution in [0.1, 0.15) is 46.2 Å². The third-order valence-corrected chi connectivity index (χ3v) is 5.08. The number of aryl methyl sites for hydroxylation is 2. The van der Waals surface area contributed by atoms with Gasteiger partial charge in [0.25, 0.3) is 5.91 Å². The third-order valence-electron chi connectivity index (χ3n) is 5.08. The first kappa shape index (κ1) is 14.9. The Hall–Kier alpha value is -2.63. The minimum atomic E-state index is 0.0802. The molecule has 3 heterocycles. The second kappa shape index (κ2) is 5.47. The predicted octanol–water partition coefficient (Wildman–Crippen LogP) is 2.89. The van der Waals surface area contributed by atoms with Gasteiger partial charge >= 0.3 is 0 Å². The van der Waals surface area contributed by atoms with E-state index < -0.39 is 0 Å². The van der Waals surface area contributed by atoms with Crippen LogP contribution < -0.4 is 0 Å². The van der Waals surface area contributed by atoms with Gasteiger partial charge in [-0.2, -0.15) is 5.10 Å². The Bertz CT molecular complexity index is 923. The highest BCUT2D eigenvalue weighted by molar-refractivity contribution is 5.97. The van der Waals surface area contributed by atoms with Gasteiger partial charge in [-0.3, -0.25) is 9.48 Å². The van der Waals surface area contributed by atoms with Crippen molar-refractivity contribution in [1.29, 1.82) is 0 Å². The second-order valence-corrected chi connectivity index (χ2v) is 6.50. The van der Waals surface area contributed by atoms with Gasteiger partial charge < -0.3 is 9.88 Å². The van der Waals surface area contributed by atoms with Crippen molar-refractivity contribution < 1.29 is 4.79 Å². The van der Waals surface area contributed by atoms with Crippen molar-refractivity contribution in [2.75, 3.05) is 6.54 Å². The molecule has 0 aliphatic carbocycles. The lowest BCUT2D eigenvalue weighted by molar-refractivity contribution is 0.0735. The highest BCUT2D eigenvalue weighted by Gasteiger charge is 2.34. The molecule has 0 radical (unpaired) electrons. The van der Waals surface area contributed by atoms with E-state index in [9.17, 15) is 4.79 Å². The molecule has 0 bridgehead atoms. The minimum Gasteiger partial charge on any atom is -0.345 e. The van der Waals surface area contributed by atoms with E-state index >= 15 is 0 Å². The molecule has 1 aliphatic rings. The summed E-state index contributed by atoms with van der Waals surface area (Å²) in [4.78, 5) is 22.4. The molecule has 1 atom stereocenters. The van der Waals surface area contributed by atoms with E-state index in [0.717, 1.165) is 41.8 Å². The van der Waals surface area contributed by atoms with E-state index in [2.05, 4.69) is 22.0 Å². The average molecular weight is 323 g/mol. The van der Waals surface area contributed by atoms with Crippen LogP contribution in [-0.2, 0) is 7.05 Å². The summed E-state index contributed by atoms with van der Waals surface area (Å²) in [6, 6.07) is 5.76. The number of H-pyrrole nitrogens is 1. The number of amides is 1. The molecule has 3 aromatic rings. The first-order valence-corrected chi connectivity index (χ1v) is 8.30. The monoisotopic (exact) mass is 323 g/mol. The number of rotatable bonds is 2. The molecule has 6 heteroatoms. The smallest absolute Gasteiger partial charge is 0.254 e. The minimum absolute atomic E-state index is 0.0802. The largest absolute Gasteiger partial charge is 0.345 e. The molecule has 1 N–H and O–H groups in total. The maximum absolute atomic E-state index is 13.1. The van der Waals surface area contributed by atoms with Crippen LogP contribution in [0.15, 0.2) is 24.5 Å². The van der Waals surface area contributed by atoms with E-state index in [-0.39, 0.29) is 11.9 Å². The molecule has 1 unspecified atom stereocenters. The summed E-state index contributed by atoms with van der Waals surface area (Å²) in [6.07, 6.45) is 3.67. The average Bonchev–Trinajstić information content (AvgIpc) is 3.26. The van der Waals surface area contributed by atoms with Gasteiger partial charge in [-0.05, 0) is 44.9 Å². The number of imidazole rings is 1. The predicted molar refractivity (Wildman–Crippen MR) is 91.8 cm³/mol. The molecule has 6 nitrogen and oxygen atoms in total. The number of aromatic amines is 1. The molecule has 1 amide bonds. The highest BCUT2D eigenvalue weighted by Crippen LogP contribution is 2.36. The zero-order chi connectivity index (χ0) is 16.8. The van der Waals surface area contributed by atoms with Crippen molar-refractivity contribution in [2.24, 2.45) is 7.05 Å².